The first-order valence-electron chi connectivity index (χ1n) is 8.31. The number of carbonyl (C=O) groups is 1. The van der Waals surface area contributed by atoms with Gasteiger partial charge in [-0.2, -0.15) is 5.10 Å². The second-order valence-corrected chi connectivity index (χ2v) is 6.82. The number of amides is 1. The molecule has 0 atom stereocenters. The second-order valence-electron chi connectivity index (χ2n) is 6.39. The molecule has 4 aromatic rings. The average Bonchev–Trinajstić information content (AvgIpc) is 3.05. The van der Waals surface area contributed by atoms with Crippen LogP contribution >= 0.6 is 11.6 Å². The van der Waals surface area contributed by atoms with Crippen molar-refractivity contribution in [3.8, 4) is 0 Å². The number of aromatic nitrogens is 4. The number of nitrogens with two attached hydrogens (primary N) is 1. The van der Waals surface area contributed by atoms with Gasteiger partial charge in [-0.3, -0.25) is 14.5 Å². The van der Waals surface area contributed by atoms with E-state index in [1.807, 2.05) is 13.1 Å². The normalized spacial score (nSPS) is 11.2. The van der Waals surface area contributed by atoms with Gasteiger partial charge >= 0.3 is 0 Å². The highest BCUT2D eigenvalue weighted by Crippen LogP contribution is 2.28. The molecule has 8 heteroatoms. The molecular formula is C19H17ClN6O. The molecule has 4 rings (SSSR count). The first-order chi connectivity index (χ1) is 12.9. The Hall–Kier alpha value is -3.19. The molecule has 0 unspecified atom stereocenters. The number of benzene rings is 1. The maximum Gasteiger partial charge on any atom is 0.253 e. The van der Waals surface area contributed by atoms with Gasteiger partial charge in [0.1, 0.15) is 5.82 Å². The van der Waals surface area contributed by atoms with Gasteiger partial charge in [0, 0.05) is 31.2 Å². The van der Waals surface area contributed by atoms with Crippen molar-refractivity contribution in [2.24, 2.45) is 7.05 Å². The Morgan fingerprint density at radius 2 is 2.04 bits per heavy atom. The van der Waals surface area contributed by atoms with E-state index >= 15 is 0 Å². The summed E-state index contributed by atoms with van der Waals surface area (Å²) in [5, 5.41) is 6.43. The van der Waals surface area contributed by atoms with Crippen molar-refractivity contribution in [2.45, 2.75) is 6.54 Å². The van der Waals surface area contributed by atoms with E-state index < -0.39 is 0 Å². The number of rotatable bonds is 3. The van der Waals surface area contributed by atoms with Crippen LogP contribution in [0.2, 0.25) is 5.02 Å². The number of nitrogen functional groups attached to an aromatic ring is 1. The minimum Gasteiger partial charge on any atom is -0.383 e. The lowest BCUT2D eigenvalue weighted by atomic mass is 10.1. The van der Waals surface area contributed by atoms with Gasteiger partial charge in [-0.25, -0.2) is 4.98 Å². The highest BCUT2D eigenvalue weighted by Gasteiger charge is 2.16. The van der Waals surface area contributed by atoms with E-state index in [-0.39, 0.29) is 5.91 Å². The van der Waals surface area contributed by atoms with E-state index in [1.165, 1.54) is 0 Å². The lowest BCUT2D eigenvalue weighted by molar-refractivity contribution is 0.0783. The number of hydrogen-bond donors (Lipinski definition) is 1. The summed E-state index contributed by atoms with van der Waals surface area (Å²) in [6.45, 7) is 0.384. The fourth-order valence-corrected chi connectivity index (χ4v) is 3.24. The van der Waals surface area contributed by atoms with E-state index in [9.17, 15) is 4.79 Å². The van der Waals surface area contributed by atoms with E-state index in [0.717, 1.165) is 27.5 Å². The van der Waals surface area contributed by atoms with Gasteiger partial charge in [-0.05, 0) is 30.3 Å². The van der Waals surface area contributed by atoms with Crippen LogP contribution in [-0.2, 0) is 13.6 Å². The highest BCUT2D eigenvalue weighted by molar-refractivity contribution is 6.30. The molecule has 1 aromatic carbocycles. The Kier molecular flexibility index (Phi) is 4.16. The van der Waals surface area contributed by atoms with Crippen LogP contribution in [-0.4, -0.2) is 37.6 Å². The molecule has 27 heavy (non-hydrogen) atoms. The third-order valence-corrected chi connectivity index (χ3v) is 4.71. The van der Waals surface area contributed by atoms with E-state index in [4.69, 9.17) is 17.3 Å². The first kappa shape index (κ1) is 17.2. The van der Waals surface area contributed by atoms with Crippen molar-refractivity contribution in [1.82, 2.24) is 24.6 Å². The first-order valence-corrected chi connectivity index (χ1v) is 8.68. The van der Waals surface area contributed by atoms with Crippen molar-refractivity contribution in [1.29, 1.82) is 0 Å². The number of fused-ring (bicyclic) bond motifs is 3. The Bertz CT molecular complexity index is 1170. The number of nitrogens with zero attached hydrogens (tertiary/aromatic N) is 5. The van der Waals surface area contributed by atoms with Crippen LogP contribution < -0.4 is 5.73 Å². The van der Waals surface area contributed by atoms with Gasteiger partial charge in [0.15, 0.2) is 0 Å². The molecule has 0 radical (unpaired) electrons. The zero-order valence-corrected chi connectivity index (χ0v) is 15.6. The number of pyridine rings is 2. The molecule has 0 spiro atoms. The van der Waals surface area contributed by atoms with E-state index in [2.05, 4.69) is 15.1 Å². The SMILES string of the molecule is CN(Cc1ccc(Cl)cn1)C(=O)c1ccc2nc(N)c3cnn(C)c3c2c1. The van der Waals surface area contributed by atoms with Crippen molar-refractivity contribution in [3.63, 3.8) is 0 Å². The topological polar surface area (TPSA) is 89.9 Å². The van der Waals surface area contributed by atoms with Gasteiger partial charge in [0.2, 0.25) is 0 Å². The average molecular weight is 381 g/mol. The van der Waals surface area contributed by atoms with Gasteiger partial charge in [-0.1, -0.05) is 11.6 Å². The molecular weight excluding hydrogens is 364 g/mol. The maximum absolute atomic E-state index is 12.9. The van der Waals surface area contributed by atoms with E-state index in [0.29, 0.717) is 22.9 Å². The zero-order chi connectivity index (χ0) is 19.1. The number of anilines is 1. The summed E-state index contributed by atoms with van der Waals surface area (Å²) in [6.07, 6.45) is 3.25. The predicted molar refractivity (Wildman–Crippen MR) is 105 cm³/mol. The van der Waals surface area contributed by atoms with Crippen molar-refractivity contribution < 1.29 is 4.79 Å². The second kappa shape index (κ2) is 6.51. The maximum atomic E-state index is 12.9. The Morgan fingerprint density at radius 3 is 2.78 bits per heavy atom. The summed E-state index contributed by atoms with van der Waals surface area (Å²) in [5.74, 6) is 0.316. The molecule has 0 aliphatic rings. The predicted octanol–water partition coefficient (Wildman–Crippen LogP) is 3.02. The Labute approximate surface area is 160 Å². The van der Waals surface area contributed by atoms with Crippen LogP contribution in [0.5, 0.6) is 0 Å². The monoisotopic (exact) mass is 380 g/mol. The third-order valence-electron chi connectivity index (χ3n) is 4.49. The number of halogens is 1. The standard InChI is InChI=1S/C19H17ClN6O/c1-25(10-13-5-4-12(20)8-22-13)19(27)11-3-6-16-14(7-11)17-15(18(21)24-16)9-23-26(17)2/h3-9H,10H2,1-2H3,(H2,21,24). The quantitative estimate of drug-likeness (QED) is 0.590. The summed E-state index contributed by atoms with van der Waals surface area (Å²) < 4.78 is 1.74. The summed E-state index contributed by atoms with van der Waals surface area (Å²) in [4.78, 5) is 23.2. The molecule has 0 saturated heterocycles. The number of carbonyl (C=O) groups excluding carboxylic acids is 1. The fourth-order valence-electron chi connectivity index (χ4n) is 3.13. The van der Waals surface area contributed by atoms with Crippen LogP contribution in [0.15, 0.2) is 42.7 Å². The molecule has 0 fully saturated rings. The molecule has 0 bridgehead atoms. The fraction of sp³-hybridized carbons (Fsp3) is 0.158. The number of hydrogen-bond acceptors (Lipinski definition) is 5. The molecule has 0 saturated carbocycles. The lowest BCUT2D eigenvalue weighted by Crippen LogP contribution is -2.26. The molecule has 1 amide bonds. The molecule has 136 valence electrons. The van der Waals surface area contributed by atoms with Crippen LogP contribution in [0.4, 0.5) is 5.82 Å². The highest BCUT2D eigenvalue weighted by atomic mass is 35.5. The molecule has 0 aliphatic heterocycles. The van der Waals surface area contributed by atoms with Gasteiger partial charge in [0.05, 0.1) is 39.9 Å². The largest absolute Gasteiger partial charge is 0.383 e. The smallest absolute Gasteiger partial charge is 0.253 e. The minimum atomic E-state index is -0.110. The van der Waals surface area contributed by atoms with Crippen molar-refractivity contribution in [2.75, 3.05) is 12.8 Å². The summed E-state index contributed by atoms with van der Waals surface area (Å²) in [6, 6.07) is 8.95. The summed E-state index contributed by atoms with van der Waals surface area (Å²) >= 11 is 5.86. The molecule has 3 heterocycles. The van der Waals surface area contributed by atoms with Crippen LogP contribution in [0.3, 0.4) is 0 Å². The molecule has 3 aromatic heterocycles. The molecule has 0 aliphatic carbocycles. The molecule has 2 N–H and O–H groups in total. The number of aryl methyl sites for hydroxylation is 1. The van der Waals surface area contributed by atoms with Crippen LogP contribution in [0, 0.1) is 0 Å². The van der Waals surface area contributed by atoms with Crippen molar-refractivity contribution >= 4 is 45.1 Å². The van der Waals surface area contributed by atoms with Gasteiger partial charge in [-0.15, -0.1) is 0 Å². The van der Waals surface area contributed by atoms with Crippen LogP contribution in [0.25, 0.3) is 21.8 Å². The minimum absolute atomic E-state index is 0.110. The molecule has 7 nitrogen and oxygen atoms in total. The van der Waals surface area contributed by atoms with Gasteiger partial charge < -0.3 is 10.6 Å². The summed E-state index contributed by atoms with van der Waals surface area (Å²) in [7, 11) is 3.58. The van der Waals surface area contributed by atoms with E-state index in [1.54, 1.807) is 53.3 Å². The van der Waals surface area contributed by atoms with Crippen molar-refractivity contribution in [3.05, 3.63) is 59.0 Å². The summed E-state index contributed by atoms with van der Waals surface area (Å²) in [5.41, 5.74) is 8.93. The lowest BCUT2D eigenvalue weighted by Gasteiger charge is -2.17. The zero-order valence-electron chi connectivity index (χ0n) is 14.8. The Morgan fingerprint density at radius 1 is 1.22 bits per heavy atom. The van der Waals surface area contributed by atoms with Crippen LogP contribution in [0.1, 0.15) is 16.1 Å². The third kappa shape index (κ3) is 3.06. The Balaban J connectivity index is 1.71. The van der Waals surface area contributed by atoms with Gasteiger partial charge in [0.25, 0.3) is 5.91 Å².